The molecule has 0 saturated heterocycles. The molecule has 1 heterocycles. The predicted molar refractivity (Wildman–Crippen MR) is 114 cm³/mol. The standard InChI is InChI=1S/C24H30N2O2/c1-5-26(6-2)22(19-10-8-7-9-11-19)16-25-15-20-14-24(27)28-23-13-18(4)17(3)12-21(20)23/h7-14,22,25H,5-6,15-16H2,1-4H3/p+2/t22-/m1/s1. The van der Waals surface area contributed by atoms with Crippen molar-refractivity contribution in [2.75, 3.05) is 19.6 Å². The maximum absolute atomic E-state index is 12.0. The molecule has 2 aromatic carbocycles. The Hall–Kier alpha value is -2.43. The van der Waals surface area contributed by atoms with Crippen LogP contribution in [0.2, 0.25) is 0 Å². The molecule has 0 spiro atoms. The summed E-state index contributed by atoms with van der Waals surface area (Å²) in [5, 5.41) is 3.37. The first-order valence-electron chi connectivity index (χ1n) is 10.3. The smallest absolute Gasteiger partial charge is 0.336 e. The van der Waals surface area contributed by atoms with Crippen LogP contribution in [0.4, 0.5) is 0 Å². The van der Waals surface area contributed by atoms with E-state index < -0.39 is 0 Å². The Kier molecular flexibility index (Phi) is 6.65. The summed E-state index contributed by atoms with van der Waals surface area (Å²) in [4.78, 5) is 13.6. The van der Waals surface area contributed by atoms with E-state index >= 15 is 0 Å². The predicted octanol–water partition coefficient (Wildman–Crippen LogP) is 2.14. The van der Waals surface area contributed by atoms with Crippen LogP contribution < -0.4 is 15.8 Å². The Balaban J connectivity index is 1.82. The molecule has 3 rings (SSSR count). The Morgan fingerprint density at radius 2 is 1.68 bits per heavy atom. The van der Waals surface area contributed by atoms with Crippen molar-refractivity contribution >= 4 is 11.0 Å². The number of nitrogens with two attached hydrogens (primary N) is 1. The van der Waals surface area contributed by atoms with E-state index in [9.17, 15) is 4.79 Å². The molecular weight excluding hydrogens is 348 g/mol. The molecule has 3 aromatic rings. The van der Waals surface area contributed by atoms with Gasteiger partial charge in [0.25, 0.3) is 0 Å². The van der Waals surface area contributed by atoms with Gasteiger partial charge < -0.3 is 14.6 Å². The molecule has 1 atom stereocenters. The average Bonchev–Trinajstić information content (AvgIpc) is 2.69. The number of nitrogens with one attached hydrogen (secondary N) is 1. The van der Waals surface area contributed by atoms with Gasteiger partial charge in [-0.3, -0.25) is 0 Å². The molecule has 0 amide bonds. The van der Waals surface area contributed by atoms with Gasteiger partial charge in [0.15, 0.2) is 6.04 Å². The lowest BCUT2D eigenvalue weighted by Crippen LogP contribution is -3.14. The van der Waals surface area contributed by atoms with Gasteiger partial charge >= 0.3 is 5.63 Å². The van der Waals surface area contributed by atoms with E-state index in [-0.39, 0.29) is 5.63 Å². The highest BCUT2D eigenvalue weighted by molar-refractivity contribution is 5.81. The fourth-order valence-electron chi connectivity index (χ4n) is 4.02. The second kappa shape index (κ2) is 9.18. The van der Waals surface area contributed by atoms with Crippen molar-refractivity contribution < 1.29 is 14.6 Å². The van der Waals surface area contributed by atoms with Crippen LogP contribution in [0.3, 0.4) is 0 Å². The number of aryl methyl sites for hydroxylation is 2. The lowest BCUT2D eigenvalue weighted by molar-refractivity contribution is -0.943. The van der Waals surface area contributed by atoms with E-state index in [1.54, 1.807) is 11.0 Å². The fraction of sp³-hybridized carbons (Fsp3) is 0.375. The first-order valence-corrected chi connectivity index (χ1v) is 10.3. The fourth-order valence-corrected chi connectivity index (χ4v) is 4.02. The Morgan fingerprint density at radius 3 is 2.36 bits per heavy atom. The molecule has 0 aliphatic rings. The van der Waals surface area contributed by atoms with Gasteiger partial charge in [-0.05, 0) is 51.0 Å². The highest BCUT2D eigenvalue weighted by Gasteiger charge is 2.23. The number of fused-ring (bicyclic) bond motifs is 1. The highest BCUT2D eigenvalue weighted by atomic mass is 16.4. The van der Waals surface area contributed by atoms with Crippen LogP contribution in [0.15, 0.2) is 57.7 Å². The van der Waals surface area contributed by atoms with Gasteiger partial charge in [0.05, 0.1) is 13.1 Å². The molecule has 3 N–H and O–H groups in total. The third-order valence-corrected chi connectivity index (χ3v) is 5.81. The van der Waals surface area contributed by atoms with Crippen LogP contribution in [0.1, 0.15) is 42.1 Å². The van der Waals surface area contributed by atoms with Gasteiger partial charge in [-0.15, -0.1) is 0 Å². The first-order chi connectivity index (χ1) is 13.5. The minimum absolute atomic E-state index is 0.270. The summed E-state index contributed by atoms with van der Waals surface area (Å²) in [6, 6.07) is 17.0. The molecule has 0 aliphatic heterocycles. The van der Waals surface area contributed by atoms with Gasteiger partial charge in [0.2, 0.25) is 0 Å². The summed E-state index contributed by atoms with van der Waals surface area (Å²) >= 11 is 0. The molecule has 0 unspecified atom stereocenters. The Labute approximate surface area is 167 Å². The Morgan fingerprint density at radius 1 is 1.00 bits per heavy atom. The number of hydrogen-bond donors (Lipinski definition) is 2. The quantitative estimate of drug-likeness (QED) is 0.588. The third-order valence-electron chi connectivity index (χ3n) is 5.81. The largest absolute Gasteiger partial charge is 0.423 e. The summed E-state index contributed by atoms with van der Waals surface area (Å²) in [7, 11) is 0. The van der Waals surface area contributed by atoms with Crippen LogP contribution in [-0.2, 0) is 6.54 Å². The van der Waals surface area contributed by atoms with Crippen molar-refractivity contribution in [2.45, 2.75) is 40.3 Å². The average molecular weight is 381 g/mol. The number of likely N-dealkylation sites (N-methyl/N-ethyl adjacent to an activating group) is 1. The van der Waals surface area contributed by atoms with Crippen LogP contribution in [0.5, 0.6) is 0 Å². The molecule has 148 valence electrons. The Bertz CT molecular complexity index is 975. The third kappa shape index (κ3) is 4.51. The first kappa shape index (κ1) is 20.3. The number of hydrogen-bond acceptors (Lipinski definition) is 2. The van der Waals surface area contributed by atoms with Gasteiger partial charge in [-0.2, -0.15) is 0 Å². The zero-order valence-corrected chi connectivity index (χ0v) is 17.4. The van der Waals surface area contributed by atoms with Crippen molar-refractivity contribution in [2.24, 2.45) is 0 Å². The normalized spacial score (nSPS) is 12.6. The maximum Gasteiger partial charge on any atom is 0.336 e. The molecule has 0 radical (unpaired) electrons. The minimum atomic E-state index is -0.270. The van der Waals surface area contributed by atoms with Crippen molar-refractivity contribution in [1.29, 1.82) is 0 Å². The highest BCUT2D eigenvalue weighted by Crippen LogP contribution is 2.21. The van der Waals surface area contributed by atoms with E-state index in [2.05, 4.69) is 62.5 Å². The van der Waals surface area contributed by atoms with Gasteiger partial charge in [0.1, 0.15) is 18.7 Å². The lowest BCUT2D eigenvalue weighted by Gasteiger charge is -2.26. The van der Waals surface area contributed by atoms with Crippen LogP contribution in [-0.4, -0.2) is 19.6 Å². The molecule has 0 bridgehead atoms. The zero-order valence-electron chi connectivity index (χ0n) is 17.4. The van der Waals surface area contributed by atoms with E-state index in [4.69, 9.17) is 4.42 Å². The minimum Gasteiger partial charge on any atom is -0.423 e. The molecule has 4 heteroatoms. The van der Waals surface area contributed by atoms with Crippen LogP contribution in [0.25, 0.3) is 11.0 Å². The molecule has 0 aliphatic carbocycles. The van der Waals surface area contributed by atoms with Crippen LogP contribution in [0, 0.1) is 13.8 Å². The molecule has 4 nitrogen and oxygen atoms in total. The lowest BCUT2D eigenvalue weighted by atomic mass is 10.0. The summed E-state index contributed by atoms with van der Waals surface area (Å²) in [6.45, 7) is 12.6. The van der Waals surface area contributed by atoms with Crippen LogP contribution >= 0.6 is 0 Å². The molecule has 0 saturated carbocycles. The summed E-state index contributed by atoms with van der Waals surface area (Å²) in [5.41, 5.74) is 5.21. The maximum atomic E-state index is 12.0. The number of benzene rings is 2. The zero-order chi connectivity index (χ0) is 20.1. The monoisotopic (exact) mass is 380 g/mol. The van der Waals surface area contributed by atoms with Gasteiger partial charge in [-0.1, -0.05) is 30.3 Å². The van der Waals surface area contributed by atoms with Gasteiger partial charge in [0, 0.05) is 22.6 Å². The van der Waals surface area contributed by atoms with E-state index in [0.717, 1.165) is 42.7 Å². The summed E-state index contributed by atoms with van der Waals surface area (Å²) in [5.74, 6) is 0. The topological polar surface area (TPSA) is 51.3 Å². The number of rotatable bonds is 8. The molecule has 0 fully saturated rings. The van der Waals surface area contributed by atoms with Crippen molar-refractivity contribution in [1.82, 2.24) is 0 Å². The second-order valence-electron chi connectivity index (χ2n) is 7.58. The van der Waals surface area contributed by atoms with Gasteiger partial charge in [-0.25, -0.2) is 4.79 Å². The van der Waals surface area contributed by atoms with E-state index in [1.165, 1.54) is 11.1 Å². The SMILES string of the molecule is CC[NH+](CC)[C@H](C[NH2+]Cc1cc(=O)oc2cc(C)c(C)cc12)c1ccccc1. The summed E-state index contributed by atoms with van der Waals surface area (Å²) < 4.78 is 5.43. The summed E-state index contributed by atoms with van der Waals surface area (Å²) in [6.07, 6.45) is 0. The van der Waals surface area contributed by atoms with E-state index in [1.807, 2.05) is 13.0 Å². The molecule has 28 heavy (non-hydrogen) atoms. The van der Waals surface area contributed by atoms with Crippen molar-refractivity contribution in [3.8, 4) is 0 Å². The second-order valence-corrected chi connectivity index (χ2v) is 7.58. The van der Waals surface area contributed by atoms with Crippen molar-refractivity contribution in [3.63, 3.8) is 0 Å². The molecule has 1 aromatic heterocycles. The molecular formula is C24H32N2O2+2. The van der Waals surface area contributed by atoms with Crippen molar-refractivity contribution in [3.05, 3.63) is 81.2 Å². The number of quaternary nitrogens is 2. The van der Waals surface area contributed by atoms with E-state index in [0.29, 0.717) is 11.6 Å².